The molecule has 140 valence electrons. The molecule has 0 bridgehead atoms. The van der Waals surface area contributed by atoms with Gasteiger partial charge >= 0.3 is 0 Å². The van der Waals surface area contributed by atoms with Crippen molar-refractivity contribution in [2.24, 2.45) is 4.99 Å². The van der Waals surface area contributed by atoms with Crippen molar-refractivity contribution in [3.63, 3.8) is 0 Å². The van der Waals surface area contributed by atoms with Crippen LogP contribution in [0.5, 0.6) is 0 Å². The maximum absolute atomic E-state index is 5.28. The number of aliphatic imine (C=N–C) groups is 1. The van der Waals surface area contributed by atoms with Crippen molar-refractivity contribution in [2.45, 2.75) is 19.8 Å². The molecule has 0 amide bonds. The van der Waals surface area contributed by atoms with Crippen molar-refractivity contribution in [3.05, 3.63) is 40.3 Å². The van der Waals surface area contributed by atoms with Crippen LogP contribution in [0.4, 0.5) is 0 Å². The first-order valence-electron chi connectivity index (χ1n) is 8.05. The average Bonchev–Trinajstić information content (AvgIpc) is 3.35. The largest absolute Gasteiger partial charge is 0.461 e. The maximum Gasteiger partial charge on any atom is 0.216 e. The van der Waals surface area contributed by atoms with E-state index in [1.807, 2.05) is 19.1 Å². The zero-order chi connectivity index (χ0) is 17.5. The van der Waals surface area contributed by atoms with E-state index in [4.69, 9.17) is 4.42 Å². The fourth-order valence-electron chi connectivity index (χ4n) is 2.28. The van der Waals surface area contributed by atoms with Crippen LogP contribution in [0.25, 0.3) is 11.6 Å². The Labute approximate surface area is 173 Å². The van der Waals surface area contributed by atoms with Crippen LogP contribution in [0.2, 0.25) is 0 Å². The van der Waals surface area contributed by atoms with Crippen molar-refractivity contribution in [2.75, 3.05) is 20.1 Å². The van der Waals surface area contributed by atoms with E-state index in [0.717, 1.165) is 35.5 Å². The second kappa shape index (κ2) is 10.3. The molecule has 3 rings (SSSR count). The lowest BCUT2D eigenvalue weighted by atomic mass is 10.3. The van der Waals surface area contributed by atoms with Crippen molar-refractivity contribution in [1.29, 1.82) is 0 Å². The molecule has 3 N–H and O–H groups in total. The summed E-state index contributed by atoms with van der Waals surface area (Å²) >= 11 is 1.67. The molecule has 3 heterocycles. The van der Waals surface area contributed by atoms with Gasteiger partial charge in [-0.2, -0.15) is 5.10 Å². The normalized spacial score (nSPS) is 11.2. The van der Waals surface area contributed by atoms with E-state index in [1.165, 1.54) is 0 Å². The number of halogens is 1. The number of aryl methyl sites for hydroxylation is 1. The Morgan fingerprint density at radius 3 is 2.73 bits per heavy atom. The Hall–Kier alpha value is -1.95. The molecule has 0 saturated carbocycles. The second-order valence-electron chi connectivity index (χ2n) is 5.37. The second-order valence-corrected chi connectivity index (χ2v) is 6.43. The summed E-state index contributed by atoms with van der Waals surface area (Å²) < 4.78 is 5.28. The highest BCUT2D eigenvalue weighted by molar-refractivity contribution is 14.0. The minimum Gasteiger partial charge on any atom is -0.461 e. The highest BCUT2D eigenvalue weighted by atomic mass is 127. The predicted octanol–water partition coefficient (Wildman–Crippen LogP) is 2.40. The van der Waals surface area contributed by atoms with Gasteiger partial charge in [0, 0.05) is 38.4 Å². The lowest BCUT2D eigenvalue weighted by Gasteiger charge is -2.10. The summed E-state index contributed by atoms with van der Waals surface area (Å²) in [4.78, 5) is 13.1. The number of thiazole rings is 1. The summed E-state index contributed by atoms with van der Waals surface area (Å²) in [6.45, 7) is 3.50. The lowest BCUT2D eigenvalue weighted by Crippen LogP contribution is -2.39. The Bertz CT molecular complexity index is 812. The van der Waals surface area contributed by atoms with Crippen molar-refractivity contribution in [3.8, 4) is 11.6 Å². The highest BCUT2D eigenvalue weighted by Gasteiger charge is 2.08. The van der Waals surface area contributed by atoms with Gasteiger partial charge in [-0.3, -0.25) is 10.1 Å². The number of nitrogens with zero attached hydrogens (tertiary/aromatic N) is 4. The number of hydrogen-bond donors (Lipinski definition) is 3. The molecule has 3 aromatic heterocycles. The molecule has 0 aliphatic carbocycles. The van der Waals surface area contributed by atoms with Crippen LogP contribution in [-0.4, -0.2) is 46.3 Å². The van der Waals surface area contributed by atoms with Gasteiger partial charge in [0.05, 0.1) is 17.0 Å². The van der Waals surface area contributed by atoms with Crippen molar-refractivity contribution in [1.82, 2.24) is 30.8 Å². The fourth-order valence-corrected chi connectivity index (χ4v) is 2.92. The van der Waals surface area contributed by atoms with Crippen LogP contribution < -0.4 is 10.6 Å². The zero-order valence-corrected chi connectivity index (χ0v) is 17.8. The lowest BCUT2D eigenvalue weighted by molar-refractivity contribution is 0.577. The first kappa shape index (κ1) is 20.4. The molecule has 0 saturated heterocycles. The monoisotopic (exact) mass is 487 g/mol. The molecule has 10 heteroatoms. The first-order valence-corrected chi connectivity index (χ1v) is 8.93. The van der Waals surface area contributed by atoms with Gasteiger partial charge in [-0.05, 0) is 19.1 Å². The summed E-state index contributed by atoms with van der Waals surface area (Å²) in [6, 6.07) is 3.65. The van der Waals surface area contributed by atoms with Crippen molar-refractivity contribution >= 4 is 41.3 Å². The summed E-state index contributed by atoms with van der Waals surface area (Å²) in [5.41, 5.74) is 1.11. The Balaban J connectivity index is 0.00000243. The molecule has 26 heavy (non-hydrogen) atoms. The van der Waals surface area contributed by atoms with Gasteiger partial charge in [-0.25, -0.2) is 9.97 Å². The standard InChI is InChI=1S/C16H21N7OS.HI/c1-11-20-12(10-25-11)5-7-18-16(17-2)19-8-6-14-21-15(23-22-14)13-4-3-9-24-13;/h3-4,9-10H,5-8H2,1-2H3,(H2,17,18,19)(H,21,22,23);1H. The van der Waals surface area contributed by atoms with Crippen LogP contribution in [0.3, 0.4) is 0 Å². The highest BCUT2D eigenvalue weighted by Crippen LogP contribution is 2.14. The summed E-state index contributed by atoms with van der Waals surface area (Å²) in [5, 5.41) is 16.8. The van der Waals surface area contributed by atoms with Gasteiger partial charge in [-0.15, -0.1) is 35.3 Å². The number of aromatic nitrogens is 4. The molecule has 0 atom stereocenters. The minimum atomic E-state index is 0. The quantitative estimate of drug-likeness (QED) is 0.269. The number of furan rings is 1. The molecular weight excluding hydrogens is 465 g/mol. The van der Waals surface area contributed by atoms with Crippen LogP contribution in [-0.2, 0) is 12.8 Å². The molecule has 0 aliphatic heterocycles. The average molecular weight is 487 g/mol. The van der Waals surface area contributed by atoms with E-state index in [1.54, 1.807) is 24.6 Å². The van der Waals surface area contributed by atoms with Gasteiger partial charge in [0.15, 0.2) is 11.7 Å². The Kier molecular flexibility index (Phi) is 8.04. The van der Waals surface area contributed by atoms with Gasteiger partial charge in [0.25, 0.3) is 0 Å². The molecule has 0 aromatic carbocycles. The first-order chi connectivity index (χ1) is 12.2. The van der Waals surface area contributed by atoms with E-state index in [9.17, 15) is 0 Å². The van der Waals surface area contributed by atoms with E-state index in [-0.39, 0.29) is 24.0 Å². The van der Waals surface area contributed by atoms with E-state index >= 15 is 0 Å². The van der Waals surface area contributed by atoms with Crippen LogP contribution in [0, 0.1) is 6.92 Å². The maximum atomic E-state index is 5.28. The molecule has 0 radical (unpaired) electrons. The fraction of sp³-hybridized carbons (Fsp3) is 0.375. The zero-order valence-electron chi connectivity index (χ0n) is 14.7. The summed E-state index contributed by atoms with van der Waals surface area (Å²) in [5.74, 6) is 2.79. The Morgan fingerprint density at radius 1 is 1.27 bits per heavy atom. The number of rotatable bonds is 7. The molecular formula is C16H22IN7OS. The third-order valence-electron chi connectivity index (χ3n) is 3.49. The summed E-state index contributed by atoms with van der Waals surface area (Å²) in [7, 11) is 1.76. The smallest absolute Gasteiger partial charge is 0.216 e. The van der Waals surface area contributed by atoms with E-state index in [2.05, 4.69) is 41.2 Å². The third kappa shape index (κ3) is 5.80. The Morgan fingerprint density at radius 2 is 2.08 bits per heavy atom. The molecule has 0 fully saturated rings. The van der Waals surface area contributed by atoms with E-state index in [0.29, 0.717) is 24.6 Å². The SMILES string of the molecule is CN=C(NCCc1csc(C)n1)NCCc1nc(-c2ccco2)n[nH]1.I. The van der Waals surface area contributed by atoms with E-state index < -0.39 is 0 Å². The number of aromatic amines is 1. The molecule has 3 aromatic rings. The van der Waals surface area contributed by atoms with Gasteiger partial charge in [0.1, 0.15) is 5.82 Å². The molecule has 0 spiro atoms. The van der Waals surface area contributed by atoms with Crippen LogP contribution >= 0.6 is 35.3 Å². The van der Waals surface area contributed by atoms with Gasteiger partial charge in [0.2, 0.25) is 5.82 Å². The number of nitrogens with one attached hydrogen (secondary N) is 3. The van der Waals surface area contributed by atoms with Gasteiger partial charge in [-0.1, -0.05) is 0 Å². The minimum absolute atomic E-state index is 0. The van der Waals surface area contributed by atoms with Crippen LogP contribution in [0.1, 0.15) is 16.5 Å². The molecule has 0 aliphatic rings. The van der Waals surface area contributed by atoms with Crippen molar-refractivity contribution < 1.29 is 4.42 Å². The number of guanidine groups is 1. The predicted molar refractivity (Wildman–Crippen MR) is 113 cm³/mol. The number of hydrogen-bond acceptors (Lipinski definition) is 6. The van der Waals surface area contributed by atoms with Gasteiger partial charge < -0.3 is 15.1 Å². The molecule has 0 unspecified atom stereocenters. The molecule has 8 nitrogen and oxygen atoms in total. The third-order valence-corrected chi connectivity index (χ3v) is 4.31. The topological polar surface area (TPSA) is 104 Å². The van der Waals surface area contributed by atoms with Crippen LogP contribution in [0.15, 0.2) is 33.2 Å². The number of H-pyrrole nitrogens is 1. The summed E-state index contributed by atoms with van der Waals surface area (Å²) in [6.07, 6.45) is 3.19.